The Hall–Kier alpha value is -2.12. The molecule has 2 aromatic rings. The molecule has 0 spiro atoms. The Balaban J connectivity index is 2.17. The van der Waals surface area contributed by atoms with Crippen molar-refractivity contribution in [1.82, 2.24) is 5.73 Å². The summed E-state index contributed by atoms with van der Waals surface area (Å²) < 4.78 is 6.03. The van der Waals surface area contributed by atoms with Gasteiger partial charge in [0.25, 0.3) is 5.91 Å². The summed E-state index contributed by atoms with van der Waals surface area (Å²) in [5.74, 6) is 0.403. The third-order valence-corrected chi connectivity index (χ3v) is 25.4. The second-order valence-electron chi connectivity index (χ2n) is 11.3. The van der Waals surface area contributed by atoms with Gasteiger partial charge in [0.1, 0.15) is 5.75 Å². The number of amides is 1. The molecule has 0 saturated carbocycles. The van der Waals surface area contributed by atoms with Crippen molar-refractivity contribution >= 4 is 37.5 Å². The highest BCUT2D eigenvalue weighted by molar-refractivity contribution is 7.52. The molecular weight excluding hydrogens is 414 g/mol. The molecule has 2 aromatic carbocycles. The van der Waals surface area contributed by atoms with E-state index in [9.17, 15) is 4.79 Å². The smallest absolute Gasteiger partial charge is 0.270 e. The Morgan fingerprint density at radius 3 is 2.26 bits per heavy atom. The molecule has 0 aromatic heterocycles. The number of hydrogen-bond donors (Lipinski definition) is 0. The van der Waals surface area contributed by atoms with E-state index in [1.165, 1.54) is 32.6 Å². The second-order valence-corrected chi connectivity index (χ2v) is 26.4. The topological polar surface area (TPSA) is 50.1 Å². The largest absolute Gasteiger partial charge is 0.497 e. The molecule has 2 aliphatic rings. The summed E-state index contributed by atoms with van der Waals surface area (Å²) in [7, 11) is -1.98. The molecule has 31 heavy (non-hydrogen) atoms. The number of ether oxygens (including phenoxy) is 1. The Kier molecular flexibility index (Phi) is 4.77. The van der Waals surface area contributed by atoms with E-state index in [0.717, 1.165) is 23.3 Å². The van der Waals surface area contributed by atoms with Crippen LogP contribution in [0.2, 0.25) is 26.2 Å². The van der Waals surface area contributed by atoms with Crippen LogP contribution >= 0.6 is 0 Å². The Morgan fingerprint density at radius 2 is 1.71 bits per heavy atom. The van der Waals surface area contributed by atoms with Crippen LogP contribution in [0.3, 0.4) is 0 Å². The number of nitrogens with one attached hydrogen (secondary N) is 1. The highest BCUT2D eigenvalue weighted by Crippen LogP contribution is 2.43. The number of carbonyl (C=O) groups is 1. The molecule has 163 valence electrons. The van der Waals surface area contributed by atoms with E-state index in [1.54, 1.807) is 7.11 Å². The summed E-state index contributed by atoms with van der Waals surface area (Å²) in [6, 6.07) is 6.62. The van der Waals surface area contributed by atoms with Crippen LogP contribution in [0.15, 0.2) is 23.8 Å². The summed E-state index contributed by atoms with van der Waals surface area (Å²) in [5.41, 5.74) is 16.0. The van der Waals surface area contributed by atoms with Gasteiger partial charge in [-0.25, -0.2) is 0 Å². The first-order chi connectivity index (χ1) is 14.2. The van der Waals surface area contributed by atoms with Crippen molar-refractivity contribution < 1.29 is 9.53 Å². The molecule has 0 saturated heterocycles. The monoisotopic (exact) mass is 448 g/mol. The number of allylic oxidation sites excluding steroid dienone is 1. The third kappa shape index (κ3) is 3.00. The van der Waals surface area contributed by atoms with E-state index in [4.69, 9.17) is 10.5 Å². The normalized spacial score (nSPS) is 18.0. The molecular formula is C26H34NO2Si2. The molecule has 1 aliphatic heterocycles. The molecule has 1 heterocycles. The van der Waals surface area contributed by atoms with Gasteiger partial charge < -0.3 is 4.74 Å². The Morgan fingerprint density at radius 1 is 1.06 bits per heavy atom. The molecule has 1 N–H and O–H groups in total. The molecule has 1 amide bonds. The van der Waals surface area contributed by atoms with Gasteiger partial charge in [0.2, 0.25) is 0 Å². The third-order valence-electron chi connectivity index (χ3n) is 7.87. The van der Waals surface area contributed by atoms with Crippen molar-refractivity contribution in [3.05, 3.63) is 46.0 Å². The maximum Gasteiger partial charge on any atom is 0.270 e. The Labute approximate surface area is 188 Å². The molecule has 5 heteroatoms. The van der Waals surface area contributed by atoms with E-state index >= 15 is 0 Å². The number of rotatable bonds is 3. The van der Waals surface area contributed by atoms with Crippen LogP contribution in [-0.2, 0) is 11.8 Å². The number of benzene rings is 2. The first-order valence-corrected chi connectivity index (χ1v) is 18.1. The fourth-order valence-electron chi connectivity index (χ4n) is 5.32. The second kappa shape index (κ2) is 6.69. The number of carbonyl (C=O) groups excluding carboxylic acids is 1. The summed E-state index contributed by atoms with van der Waals surface area (Å²) in [6.45, 7) is 18.6. The van der Waals surface area contributed by atoms with E-state index in [0.29, 0.717) is 5.56 Å². The summed E-state index contributed by atoms with van der Waals surface area (Å²) >= 11 is 0. The predicted molar refractivity (Wildman–Crippen MR) is 136 cm³/mol. The van der Waals surface area contributed by atoms with Gasteiger partial charge in [-0.3, -0.25) is 10.5 Å². The van der Waals surface area contributed by atoms with E-state index < -0.39 is 21.1 Å². The van der Waals surface area contributed by atoms with Gasteiger partial charge in [0.15, 0.2) is 0 Å². The van der Waals surface area contributed by atoms with Crippen molar-refractivity contribution in [2.45, 2.75) is 65.7 Å². The first kappa shape index (κ1) is 22.1. The SMILES string of the molecule is COc1c2cc(C([NH])=O)c(-c3cc(C(C)(C)C)cc4c3CC(C)=C4)c1[Si](C)(C)[Si]2(C)C. The van der Waals surface area contributed by atoms with Gasteiger partial charge in [0.05, 0.1) is 22.3 Å². The zero-order valence-corrected chi connectivity index (χ0v) is 22.3. The van der Waals surface area contributed by atoms with Crippen LogP contribution in [0.25, 0.3) is 17.2 Å². The lowest BCUT2D eigenvalue weighted by Gasteiger charge is -2.32. The van der Waals surface area contributed by atoms with Crippen molar-refractivity contribution in [2.24, 2.45) is 0 Å². The van der Waals surface area contributed by atoms with Crippen molar-refractivity contribution in [2.75, 3.05) is 7.11 Å². The highest BCUT2D eigenvalue weighted by Gasteiger charge is 2.55. The molecule has 1 aliphatic carbocycles. The quantitative estimate of drug-likeness (QED) is 0.623. The maximum absolute atomic E-state index is 12.7. The van der Waals surface area contributed by atoms with Crippen LogP contribution in [0.1, 0.15) is 54.7 Å². The lowest BCUT2D eigenvalue weighted by molar-refractivity contribution is 0.0993. The zero-order chi connectivity index (χ0) is 23.1. The minimum Gasteiger partial charge on any atom is -0.497 e. The van der Waals surface area contributed by atoms with Crippen LogP contribution in [0, 0.1) is 0 Å². The van der Waals surface area contributed by atoms with Gasteiger partial charge in [-0.1, -0.05) is 70.7 Å². The fourth-order valence-corrected chi connectivity index (χ4v) is 14.9. The Bertz CT molecular complexity index is 1170. The standard InChI is InChI=1S/C26H34NO2Si2/c1-15-10-16-12-17(26(2,3)4)13-19(18(16)11-15)22-20(25(27)28)14-21-23(29-5)24(22)31(8,9)30(21,6)7/h10,12-14,27H,11H2,1-9H3. The minimum atomic E-state index is -1.91. The lowest BCUT2D eigenvalue weighted by atomic mass is 9.81. The van der Waals surface area contributed by atoms with Crippen LogP contribution in [-0.4, -0.2) is 28.2 Å². The lowest BCUT2D eigenvalue weighted by Crippen LogP contribution is -2.63. The minimum absolute atomic E-state index is 0.00934. The van der Waals surface area contributed by atoms with Gasteiger partial charge >= 0.3 is 0 Å². The van der Waals surface area contributed by atoms with E-state index in [-0.39, 0.29) is 5.41 Å². The molecule has 3 nitrogen and oxygen atoms in total. The number of methoxy groups -OCH3 is 1. The van der Waals surface area contributed by atoms with Crippen molar-refractivity contribution in [1.29, 1.82) is 0 Å². The average molecular weight is 449 g/mol. The molecule has 0 fully saturated rings. The molecule has 1 radical (unpaired) electrons. The van der Waals surface area contributed by atoms with Crippen LogP contribution in [0.5, 0.6) is 5.75 Å². The molecule has 0 atom stereocenters. The van der Waals surface area contributed by atoms with Crippen molar-refractivity contribution in [3.8, 4) is 16.9 Å². The van der Waals surface area contributed by atoms with Gasteiger partial charge in [0, 0.05) is 5.56 Å². The summed E-state index contributed by atoms with van der Waals surface area (Å²) in [6.07, 6.45) is 3.18. The van der Waals surface area contributed by atoms with Crippen LogP contribution in [0.4, 0.5) is 0 Å². The molecule has 0 unspecified atom stereocenters. The van der Waals surface area contributed by atoms with Crippen LogP contribution < -0.4 is 20.8 Å². The summed E-state index contributed by atoms with van der Waals surface area (Å²) in [4.78, 5) is 12.7. The first-order valence-electron chi connectivity index (χ1n) is 11.1. The van der Waals surface area contributed by atoms with Gasteiger partial charge in [-0.15, -0.1) is 0 Å². The van der Waals surface area contributed by atoms with E-state index in [1.807, 2.05) is 6.07 Å². The summed E-state index contributed by atoms with van der Waals surface area (Å²) in [5, 5.41) is 2.48. The number of hydrogen-bond acceptors (Lipinski definition) is 2. The van der Waals surface area contributed by atoms with Gasteiger partial charge in [-0.05, 0) is 63.0 Å². The predicted octanol–water partition coefficient (Wildman–Crippen LogP) is 4.97. The fraction of sp³-hybridized carbons (Fsp3) is 0.423. The number of fused-ring (bicyclic) bond motifs is 3. The van der Waals surface area contributed by atoms with E-state index in [2.05, 4.69) is 72.1 Å². The maximum atomic E-state index is 12.7. The average Bonchev–Trinajstić information content (AvgIpc) is 3.07. The van der Waals surface area contributed by atoms with Gasteiger partial charge in [-0.2, -0.15) is 0 Å². The molecule has 4 rings (SSSR count). The molecule has 2 bridgehead atoms. The zero-order valence-electron chi connectivity index (χ0n) is 20.3. The highest BCUT2D eigenvalue weighted by atomic mass is 29.3. The van der Waals surface area contributed by atoms with Crippen molar-refractivity contribution in [3.63, 3.8) is 0 Å².